The molecule has 1 heterocycles. The molecule has 1 aliphatic heterocycles. The van der Waals surface area contributed by atoms with E-state index >= 15 is 0 Å². The third-order valence-corrected chi connectivity index (χ3v) is 4.80. The van der Waals surface area contributed by atoms with Gasteiger partial charge in [0.05, 0.1) is 16.6 Å². The number of hydrogen-bond acceptors (Lipinski definition) is 2. The van der Waals surface area contributed by atoms with Crippen molar-refractivity contribution >= 4 is 17.2 Å². The van der Waals surface area contributed by atoms with E-state index in [2.05, 4.69) is 36.1 Å². The van der Waals surface area contributed by atoms with Crippen LogP contribution in [0.2, 0.25) is 0 Å². The van der Waals surface area contributed by atoms with Crippen molar-refractivity contribution in [1.82, 2.24) is 4.90 Å². The maximum absolute atomic E-state index is 6.22. The van der Waals surface area contributed by atoms with E-state index in [1.54, 1.807) is 0 Å². The minimum atomic E-state index is -0.285. The van der Waals surface area contributed by atoms with Crippen molar-refractivity contribution in [2.45, 2.75) is 37.8 Å². The van der Waals surface area contributed by atoms with Crippen LogP contribution in [0.4, 0.5) is 0 Å². The highest BCUT2D eigenvalue weighted by molar-refractivity contribution is 7.80. The summed E-state index contributed by atoms with van der Waals surface area (Å²) in [5, 5.41) is 0. The minimum Gasteiger partial charge on any atom is -0.357 e. The lowest BCUT2D eigenvalue weighted by molar-refractivity contribution is 0.344. The number of benzene rings is 1. The number of aryl methyl sites for hydroxylation is 1. The van der Waals surface area contributed by atoms with Crippen LogP contribution in [0.25, 0.3) is 0 Å². The molecule has 1 aliphatic carbocycles. The van der Waals surface area contributed by atoms with Crippen molar-refractivity contribution in [2.24, 2.45) is 5.73 Å². The zero-order valence-electron chi connectivity index (χ0n) is 10.1. The number of nitrogens with zero attached hydrogens (tertiary/aromatic N) is 1. The first-order valence-electron chi connectivity index (χ1n) is 6.27. The summed E-state index contributed by atoms with van der Waals surface area (Å²) in [6.07, 6.45) is 3.32. The molecule has 3 heteroatoms. The lowest BCUT2D eigenvalue weighted by Gasteiger charge is -2.29. The van der Waals surface area contributed by atoms with Crippen molar-refractivity contribution in [3.8, 4) is 0 Å². The number of fused-ring (bicyclic) bond motifs is 1. The highest BCUT2D eigenvalue weighted by Crippen LogP contribution is 2.39. The fourth-order valence-electron chi connectivity index (χ4n) is 3.05. The van der Waals surface area contributed by atoms with Gasteiger partial charge in [0, 0.05) is 6.54 Å². The largest absolute Gasteiger partial charge is 0.357 e. The molecule has 0 spiro atoms. The molecular formula is C14H18N2S. The summed E-state index contributed by atoms with van der Waals surface area (Å²) >= 11 is 5.54. The molecule has 1 saturated heterocycles. The topological polar surface area (TPSA) is 29.3 Å². The van der Waals surface area contributed by atoms with Crippen molar-refractivity contribution in [2.75, 3.05) is 6.54 Å². The predicted octanol–water partition coefficient (Wildman–Crippen LogP) is 2.42. The van der Waals surface area contributed by atoms with Gasteiger partial charge < -0.3 is 10.6 Å². The smallest absolute Gasteiger partial charge is 0.0984 e. The lowest BCUT2D eigenvalue weighted by atomic mass is 10.0. The number of likely N-dealkylation sites (tertiary alicyclic amines) is 1. The molecule has 3 rings (SSSR count). The first-order chi connectivity index (χ1) is 8.09. The minimum absolute atomic E-state index is 0.285. The Hall–Kier alpha value is -0.930. The molecule has 2 aliphatic rings. The van der Waals surface area contributed by atoms with Crippen LogP contribution in [-0.2, 0) is 6.42 Å². The molecular weight excluding hydrogens is 228 g/mol. The second-order valence-corrected chi connectivity index (χ2v) is 5.81. The highest BCUT2D eigenvalue weighted by Gasteiger charge is 2.40. The standard InChI is InChI=1S/C14H18N2S/c1-14(15)8-9-16(13(14)17)12-7-6-10-4-2-3-5-11(10)12/h2-5,12H,6-9,15H2,1H3/t12?,14-/m1/s1. The van der Waals surface area contributed by atoms with Crippen molar-refractivity contribution in [1.29, 1.82) is 0 Å². The second-order valence-electron chi connectivity index (χ2n) is 5.42. The molecule has 1 aromatic rings. The van der Waals surface area contributed by atoms with Crippen LogP contribution in [0.1, 0.15) is 36.9 Å². The summed E-state index contributed by atoms with van der Waals surface area (Å²) in [6, 6.07) is 9.18. The molecule has 1 aromatic carbocycles. The van der Waals surface area contributed by atoms with Crippen molar-refractivity contribution in [3.05, 3.63) is 35.4 Å². The van der Waals surface area contributed by atoms with Gasteiger partial charge in [-0.05, 0) is 37.3 Å². The van der Waals surface area contributed by atoms with Crippen LogP contribution in [0.3, 0.4) is 0 Å². The van der Waals surface area contributed by atoms with E-state index in [0.717, 1.165) is 18.0 Å². The summed E-state index contributed by atoms with van der Waals surface area (Å²) in [6.45, 7) is 3.06. The summed E-state index contributed by atoms with van der Waals surface area (Å²) in [5.74, 6) is 0. The molecule has 0 saturated carbocycles. The van der Waals surface area contributed by atoms with Gasteiger partial charge in [0.2, 0.25) is 0 Å². The Bertz CT molecular complexity index is 467. The molecule has 2 atom stereocenters. The number of hydrogen-bond donors (Lipinski definition) is 1. The van der Waals surface area contributed by atoms with Gasteiger partial charge >= 0.3 is 0 Å². The van der Waals surface area contributed by atoms with E-state index in [-0.39, 0.29) is 5.54 Å². The van der Waals surface area contributed by atoms with E-state index in [1.807, 2.05) is 0 Å². The lowest BCUT2D eigenvalue weighted by Crippen LogP contribution is -2.44. The molecule has 0 radical (unpaired) electrons. The first kappa shape index (κ1) is 11.2. The Morgan fingerprint density at radius 1 is 1.41 bits per heavy atom. The Kier molecular flexibility index (Phi) is 2.49. The number of nitrogens with two attached hydrogens (primary N) is 1. The number of rotatable bonds is 1. The summed E-state index contributed by atoms with van der Waals surface area (Å²) in [4.78, 5) is 3.29. The SMILES string of the molecule is C[C@@]1(N)CCN(C2CCc3ccccc32)C1=S. The van der Waals surface area contributed by atoms with E-state index in [1.165, 1.54) is 24.0 Å². The average molecular weight is 246 g/mol. The molecule has 1 fully saturated rings. The molecule has 0 aromatic heterocycles. The van der Waals surface area contributed by atoms with Gasteiger partial charge in [0.15, 0.2) is 0 Å². The van der Waals surface area contributed by atoms with Crippen LogP contribution in [-0.4, -0.2) is 22.0 Å². The van der Waals surface area contributed by atoms with Crippen molar-refractivity contribution in [3.63, 3.8) is 0 Å². The van der Waals surface area contributed by atoms with Gasteiger partial charge in [-0.25, -0.2) is 0 Å². The molecule has 2 N–H and O–H groups in total. The maximum atomic E-state index is 6.22. The third-order valence-electron chi connectivity index (χ3n) is 4.10. The van der Waals surface area contributed by atoms with Crippen LogP contribution < -0.4 is 5.73 Å². The van der Waals surface area contributed by atoms with E-state index < -0.39 is 0 Å². The molecule has 0 bridgehead atoms. The highest BCUT2D eigenvalue weighted by atomic mass is 32.1. The van der Waals surface area contributed by atoms with Crippen LogP contribution >= 0.6 is 12.2 Å². The molecule has 90 valence electrons. The fourth-order valence-corrected chi connectivity index (χ4v) is 3.37. The Morgan fingerprint density at radius 2 is 2.18 bits per heavy atom. The summed E-state index contributed by atoms with van der Waals surface area (Å²) in [7, 11) is 0. The summed E-state index contributed by atoms with van der Waals surface area (Å²) < 4.78 is 0. The van der Waals surface area contributed by atoms with Crippen molar-refractivity contribution < 1.29 is 0 Å². The normalized spacial score (nSPS) is 32.0. The quantitative estimate of drug-likeness (QED) is 0.772. The van der Waals surface area contributed by atoms with Crippen LogP contribution in [0, 0.1) is 0 Å². The van der Waals surface area contributed by atoms with Crippen LogP contribution in [0.15, 0.2) is 24.3 Å². The Morgan fingerprint density at radius 3 is 2.88 bits per heavy atom. The summed E-state index contributed by atoms with van der Waals surface area (Å²) in [5.41, 5.74) is 8.86. The van der Waals surface area contributed by atoms with Gasteiger partial charge in [-0.2, -0.15) is 0 Å². The Labute approximate surface area is 108 Å². The Balaban J connectivity index is 1.91. The van der Waals surface area contributed by atoms with Gasteiger partial charge in [0.25, 0.3) is 0 Å². The first-order valence-corrected chi connectivity index (χ1v) is 6.68. The van der Waals surface area contributed by atoms with Gasteiger partial charge in [0.1, 0.15) is 0 Å². The number of thiocarbonyl (C=S) groups is 1. The zero-order valence-corrected chi connectivity index (χ0v) is 11.0. The van der Waals surface area contributed by atoms with Gasteiger partial charge in [-0.3, -0.25) is 0 Å². The van der Waals surface area contributed by atoms with E-state index in [4.69, 9.17) is 18.0 Å². The molecule has 0 amide bonds. The van der Waals surface area contributed by atoms with E-state index in [9.17, 15) is 0 Å². The van der Waals surface area contributed by atoms with E-state index in [0.29, 0.717) is 6.04 Å². The molecule has 17 heavy (non-hydrogen) atoms. The van der Waals surface area contributed by atoms with Gasteiger partial charge in [-0.1, -0.05) is 36.5 Å². The van der Waals surface area contributed by atoms with Gasteiger partial charge in [-0.15, -0.1) is 0 Å². The average Bonchev–Trinajstić information content (AvgIpc) is 2.83. The maximum Gasteiger partial charge on any atom is 0.0984 e. The molecule has 2 nitrogen and oxygen atoms in total. The van der Waals surface area contributed by atoms with Crippen LogP contribution in [0.5, 0.6) is 0 Å². The fraction of sp³-hybridized carbons (Fsp3) is 0.500. The predicted molar refractivity (Wildman–Crippen MR) is 74.0 cm³/mol. The zero-order chi connectivity index (χ0) is 12.0. The third kappa shape index (κ3) is 1.69. The molecule has 1 unspecified atom stereocenters. The monoisotopic (exact) mass is 246 g/mol. The second kappa shape index (κ2) is 3.79.